The summed E-state index contributed by atoms with van der Waals surface area (Å²) in [5, 5.41) is 10.9. The zero-order valence-electron chi connectivity index (χ0n) is 16.1. The normalized spacial score (nSPS) is 11.9. The fourth-order valence-corrected chi connectivity index (χ4v) is 3.43. The van der Waals surface area contributed by atoms with Crippen LogP contribution in [0, 0.1) is 6.92 Å². The lowest BCUT2D eigenvalue weighted by atomic mass is 9.97. The van der Waals surface area contributed by atoms with Gasteiger partial charge < -0.3 is 5.32 Å². The molecular formula is C24H21N3O2. The molecule has 0 aliphatic heterocycles. The Balaban J connectivity index is 1.63. The van der Waals surface area contributed by atoms with Gasteiger partial charge in [-0.3, -0.25) is 9.59 Å². The fourth-order valence-electron chi connectivity index (χ4n) is 3.43. The second-order valence-corrected chi connectivity index (χ2v) is 7.04. The van der Waals surface area contributed by atoms with Crippen LogP contribution in [-0.2, 0) is 11.2 Å². The van der Waals surface area contributed by atoms with Gasteiger partial charge in [0, 0.05) is 5.39 Å². The first-order valence-corrected chi connectivity index (χ1v) is 9.49. The maximum absolute atomic E-state index is 12.9. The van der Waals surface area contributed by atoms with Gasteiger partial charge in [-0.1, -0.05) is 78.4 Å². The van der Waals surface area contributed by atoms with E-state index in [1.807, 2.05) is 73.7 Å². The number of nitrogens with zero attached hydrogens (tertiary/aromatic N) is 1. The third-order valence-corrected chi connectivity index (χ3v) is 4.95. The lowest BCUT2D eigenvalue weighted by molar-refractivity contribution is -0.121. The predicted octanol–water partition coefficient (Wildman–Crippen LogP) is 3.68. The molecule has 3 aromatic carbocycles. The Morgan fingerprint density at radius 3 is 2.24 bits per heavy atom. The molecule has 0 radical (unpaired) electrons. The van der Waals surface area contributed by atoms with Crippen molar-refractivity contribution in [3.05, 3.63) is 112 Å². The zero-order valence-corrected chi connectivity index (χ0v) is 16.1. The largest absolute Gasteiger partial charge is 0.345 e. The van der Waals surface area contributed by atoms with Crippen molar-refractivity contribution in [1.82, 2.24) is 15.5 Å². The van der Waals surface area contributed by atoms with Gasteiger partial charge in [-0.05, 0) is 24.1 Å². The minimum Gasteiger partial charge on any atom is -0.345 e. The summed E-state index contributed by atoms with van der Waals surface area (Å²) in [6, 6.07) is 24.9. The summed E-state index contributed by atoms with van der Waals surface area (Å²) in [6.45, 7) is 2.03. The van der Waals surface area contributed by atoms with Gasteiger partial charge in [0.1, 0.15) is 0 Å². The summed E-state index contributed by atoms with van der Waals surface area (Å²) in [5.74, 6) is -0.163. The number of aryl methyl sites for hydroxylation is 1. The van der Waals surface area contributed by atoms with E-state index in [0.29, 0.717) is 16.5 Å². The Morgan fingerprint density at radius 1 is 0.897 bits per heavy atom. The molecule has 0 aliphatic carbocycles. The van der Waals surface area contributed by atoms with E-state index in [0.717, 1.165) is 16.7 Å². The summed E-state index contributed by atoms with van der Waals surface area (Å²) in [6.07, 6.45) is 0.0759. The molecule has 29 heavy (non-hydrogen) atoms. The highest BCUT2D eigenvalue weighted by atomic mass is 16.1. The van der Waals surface area contributed by atoms with Crippen LogP contribution in [0.25, 0.3) is 10.8 Å². The third kappa shape index (κ3) is 4.09. The molecule has 0 saturated heterocycles. The Morgan fingerprint density at radius 2 is 1.52 bits per heavy atom. The number of carbonyl (C=O) groups is 1. The van der Waals surface area contributed by atoms with Crippen LogP contribution in [-0.4, -0.2) is 16.1 Å². The molecule has 0 unspecified atom stereocenters. The maximum Gasteiger partial charge on any atom is 0.272 e. The van der Waals surface area contributed by atoms with Crippen LogP contribution < -0.4 is 10.9 Å². The molecule has 144 valence electrons. The number of rotatable bonds is 5. The summed E-state index contributed by atoms with van der Waals surface area (Å²) in [4.78, 5) is 24.9. The van der Waals surface area contributed by atoms with Crippen molar-refractivity contribution >= 4 is 16.7 Å². The van der Waals surface area contributed by atoms with E-state index in [-0.39, 0.29) is 23.9 Å². The molecule has 0 spiro atoms. The molecule has 4 rings (SSSR count). The molecular weight excluding hydrogens is 362 g/mol. The first kappa shape index (κ1) is 18.6. The van der Waals surface area contributed by atoms with E-state index >= 15 is 0 Å². The van der Waals surface area contributed by atoms with Gasteiger partial charge in [0.25, 0.3) is 5.56 Å². The highest BCUT2D eigenvalue weighted by molar-refractivity contribution is 5.88. The van der Waals surface area contributed by atoms with Gasteiger partial charge in [-0.2, -0.15) is 5.10 Å². The number of benzene rings is 3. The molecule has 0 aliphatic rings. The number of amides is 1. The molecule has 1 amide bonds. The highest BCUT2D eigenvalue weighted by Crippen LogP contribution is 2.23. The van der Waals surface area contributed by atoms with Crippen LogP contribution in [0.15, 0.2) is 83.7 Å². The predicted molar refractivity (Wildman–Crippen MR) is 114 cm³/mol. The smallest absolute Gasteiger partial charge is 0.272 e. The van der Waals surface area contributed by atoms with Crippen molar-refractivity contribution in [2.24, 2.45) is 0 Å². The van der Waals surface area contributed by atoms with Crippen LogP contribution in [0.5, 0.6) is 0 Å². The van der Waals surface area contributed by atoms with Crippen LogP contribution in [0.3, 0.4) is 0 Å². The van der Waals surface area contributed by atoms with Gasteiger partial charge in [-0.15, -0.1) is 0 Å². The van der Waals surface area contributed by atoms with E-state index in [1.54, 1.807) is 12.1 Å². The van der Waals surface area contributed by atoms with Gasteiger partial charge in [-0.25, -0.2) is 5.10 Å². The number of hydrogen-bond donors (Lipinski definition) is 2. The number of H-pyrrole nitrogens is 1. The summed E-state index contributed by atoms with van der Waals surface area (Å²) < 4.78 is 0. The Kier molecular flexibility index (Phi) is 5.20. The number of fused-ring (bicyclic) bond motifs is 1. The van der Waals surface area contributed by atoms with E-state index in [2.05, 4.69) is 15.5 Å². The molecule has 1 heterocycles. The molecule has 0 fully saturated rings. The van der Waals surface area contributed by atoms with Crippen molar-refractivity contribution < 1.29 is 4.79 Å². The van der Waals surface area contributed by atoms with Crippen molar-refractivity contribution in [2.45, 2.75) is 19.4 Å². The monoisotopic (exact) mass is 383 g/mol. The first-order chi connectivity index (χ1) is 14.1. The van der Waals surface area contributed by atoms with Crippen molar-refractivity contribution in [3.63, 3.8) is 0 Å². The summed E-state index contributed by atoms with van der Waals surface area (Å²) in [7, 11) is 0. The van der Waals surface area contributed by atoms with Crippen LogP contribution in [0.4, 0.5) is 0 Å². The average Bonchev–Trinajstić information content (AvgIpc) is 2.76. The van der Waals surface area contributed by atoms with Crippen LogP contribution in [0.2, 0.25) is 0 Å². The molecule has 0 bridgehead atoms. The Labute approximate surface area is 168 Å². The lowest BCUT2D eigenvalue weighted by Crippen LogP contribution is -2.31. The molecule has 5 nitrogen and oxygen atoms in total. The molecule has 4 aromatic rings. The summed E-state index contributed by atoms with van der Waals surface area (Å²) in [5.41, 5.74) is 3.47. The van der Waals surface area contributed by atoms with Gasteiger partial charge >= 0.3 is 0 Å². The van der Waals surface area contributed by atoms with Gasteiger partial charge in [0.2, 0.25) is 5.91 Å². The standard InChI is InChI=1S/C24H21N3O2/c1-16-11-13-18(14-12-16)23(17-7-3-2-4-8-17)25-22(28)15-21-19-9-5-6-10-20(19)24(29)27-26-21/h2-14,23H,15H2,1H3,(H,25,28)(H,27,29)/t23-/m1/s1. The Bertz CT molecular complexity index is 1200. The fraction of sp³-hybridized carbons (Fsp3) is 0.125. The van der Waals surface area contributed by atoms with Crippen molar-refractivity contribution in [3.8, 4) is 0 Å². The number of aromatic nitrogens is 2. The van der Waals surface area contributed by atoms with E-state index in [4.69, 9.17) is 0 Å². The number of nitrogens with one attached hydrogen (secondary N) is 2. The summed E-state index contributed by atoms with van der Waals surface area (Å²) >= 11 is 0. The van der Waals surface area contributed by atoms with Crippen LogP contribution in [0.1, 0.15) is 28.4 Å². The second-order valence-electron chi connectivity index (χ2n) is 7.04. The van der Waals surface area contributed by atoms with E-state index in [9.17, 15) is 9.59 Å². The molecule has 5 heteroatoms. The quantitative estimate of drug-likeness (QED) is 0.552. The topological polar surface area (TPSA) is 74.8 Å². The minimum absolute atomic E-state index is 0.0759. The third-order valence-electron chi connectivity index (χ3n) is 4.95. The second kappa shape index (κ2) is 8.10. The van der Waals surface area contributed by atoms with Gasteiger partial charge in [0.15, 0.2) is 0 Å². The minimum atomic E-state index is -0.265. The number of carbonyl (C=O) groups excluding carboxylic acids is 1. The number of aromatic amines is 1. The molecule has 0 saturated carbocycles. The van der Waals surface area contributed by atoms with E-state index < -0.39 is 0 Å². The van der Waals surface area contributed by atoms with Crippen molar-refractivity contribution in [1.29, 1.82) is 0 Å². The SMILES string of the molecule is Cc1ccc([C@H](NC(=O)Cc2n[nH]c(=O)c3ccccc23)c2ccccc2)cc1. The highest BCUT2D eigenvalue weighted by Gasteiger charge is 2.18. The zero-order chi connectivity index (χ0) is 20.2. The maximum atomic E-state index is 12.9. The molecule has 1 atom stereocenters. The average molecular weight is 383 g/mol. The first-order valence-electron chi connectivity index (χ1n) is 9.49. The van der Waals surface area contributed by atoms with Gasteiger partial charge in [0.05, 0.1) is 23.5 Å². The molecule has 1 aromatic heterocycles. The Hall–Kier alpha value is -3.73. The number of hydrogen-bond acceptors (Lipinski definition) is 3. The lowest BCUT2D eigenvalue weighted by Gasteiger charge is -2.20. The molecule has 2 N–H and O–H groups in total. The van der Waals surface area contributed by atoms with Crippen LogP contribution >= 0.6 is 0 Å². The van der Waals surface area contributed by atoms with E-state index in [1.165, 1.54) is 0 Å². The van der Waals surface area contributed by atoms with Crippen molar-refractivity contribution in [2.75, 3.05) is 0 Å².